The number of benzene rings is 2. The number of aromatic nitrogens is 4. The van der Waals surface area contributed by atoms with Crippen LogP contribution >= 0.6 is 15.9 Å². The number of carbonyl (C=O) groups excluding carboxylic acids is 1. The summed E-state index contributed by atoms with van der Waals surface area (Å²) in [6.45, 7) is 3.69. The first-order chi connectivity index (χ1) is 21.3. The van der Waals surface area contributed by atoms with Gasteiger partial charge in [-0.05, 0) is 66.5 Å². The second-order valence-electron chi connectivity index (χ2n) is 10.7. The number of fused-ring (bicyclic) bond motifs is 1. The lowest BCUT2D eigenvalue weighted by molar-refractivity contribution is -0.153. The summed E-state index contributed by atoms with van der Waals surface area (Å²) in [4.78, 5) is 24.9. The summed E-state index contributed by atoms with van der Waals surface area (Å²) in [5, 5.41) is 2.59. The van der Waals surface area contributed by atoms with Crippen molar-refractivity contribution in [3.63, 3.8) is 0 Å². The van der Waals surface area contributed by atoms with E-state index in [1.807, 2.05) is 30.3 Å². The molecule has 0 aliphatic heterocycles. The van der Waals surface area contributed by atoms with E-state index in [2.05, 4.69) is 36.2 Å². The molecule has 0 saturated heterocycles. The summed E-state index contributed by atoms with van der Waals surface area (Å²) in [6, 6.07) is 16.5. The maximum Gasteiger partial charge on any atom is 0.422 e. The van der Waals surface area contributed by atoms with Crippen molar-refractivity contribution in [2.24, 2.45) is 0 Å². The van der Waals surface area contributed by atoms with Gasteiger partial charge in [-0.15, -0.1) is 0 Å². The summed E-state index contributed by atoms with van der Waals surface area (Å²) in [5.74, 6) is -1.12. The zero-order chi connectivity index (χ0) is 32.4. The molecule has 5 aromatic rings. The summed E-state index contributed by atoms with van der Waals surface area (Å²) in [5.41, 5.74) is 1.50. The lowest BCUT2D eigenvalue weighted by atomic mass is 10.2. The van der Waals surface area contributed by atoms with E-state index in [0.717, 1.165) is 11.9 Å². The van der Waals surface area contributed by atoms with Crippen LogP contribution in [0.15, 0.2) is 77.7 Å². The van der Waals surface area contributed by atoms with Crippen LogP contribution in [0.25, 0.3) is 28.1 Å². The van der Waals surface area contributed by atoms with E-state index in [1.54, 1.807) is 32.9 Å². The SMILES string of the molecule is CC(C)(C)OC(=O)Nc1ccc(-c2c(Br)c3ncnc(OCC(F)(F)F)c3n2-c2ccc(OCc3ccccc3)c(F)c2)nc1. The minimum atomic E-state index is -4.64. The predicted octanol–water partition coefficient (Wildman–Crippen LogP) is 8.25. The number of nitrogens with one attached hydrogen (secondary N) is 1. The number of carbonyl (C=O) groups is 1. The number of hydrogen-bond acceptors (Lipinski definition) is 7. The summed E-state index contributed by atoms with van der Waals surface area (Å²) < 4.78 is 72.6. The molecular weight excluding hydrogens is 662 g/mol. The van der Waals surface area contributed by atoms with Crippen LogP contribution in [0.3, 0.4) is 0 Å². The standard InChI is InChI=1S/C31H26BrF4N5O4/c1-30(2,3)45-29(42)40-19-9-11-22(37-14-19)26-24(32)25-27(28(39-17-38-25)44-16-31(34,35)36)41(26)20-10-12-23(21(33)13-20)43-15-18-7-5-4-6-8-18/h4-14,17H,15-16H2,1-3H3,(H,40,42). The van der Waals surface area contributed by atoms with Crippen LogP contribution in [0.2, 0.25) is 0 Å². The fourth-order valence-corrected chi connectivity index (χ4v) is 4.97. The Kier molecular flexibility index (Phi) is 8.96. The zero-order valence-corrected chi connectivity index (χ0v) is 25.7. The van der Waals surface area contributed by atoms with E-state index < -0.39 is 30.3 Å². The Labute approximate surface area is 263 Å². The zero-order valence-electron chi connectivity index (χ0n) is 24.2. The molecule has 2 aromatic carbocycles. The van der Waals surface area contributed by atoms with Crippen LogP contribution in [-0.4, -0.2) is 44.0 Å². The van der Waals surface area contributed by atoms with Crippen LogP contribution in [-0.2, 0) is 11.3 Å². The topological polar surface area (TPSA) is 100 Å². The summed E-state index contributed by atoms with van der Waals surface area (Å²) in [7, 11) is 0. The van der Waals surface area contributed by atoms with Crippen LogP contribution in [0, 0.1) is 5.82 Å². The molecule has 45 heavy (non-hydrogen) atoms. The second kappa shape index (κ2) is 12.7. The fraction of sp³-hybridized carbons (Fsp3) is 0.226. The third kappa shape index (κ3) is 7.69. The Balaban J connectivity index is 1.58. The van der Waals surface area contributed by atoms with Gasteiger partial charge in [-0.2, -0.15) is 18.2 Å². The molecule has 3 heterocycles. The summed E-state index contributed by atoms with van der Waals surface area (Å²) in [6.07, 6.45) is -2.88. The molecule has 0 atom stereocenters. The van der Waals surface area contributed by atoms with Crippen molar-refractivity contribution in [1.29, 1.82) is 0 Å². The minimum Gasteiger partial charge on any atom is -0.486 e. The van der Waals surface area contributed by atoms with Gasteiger partial charge in [0, 0.05) is 11.8 Å². The second-order valence-corrected chi connectivity index (χ2v) is 11.5. The number of rotatable bonds is 8. The number of ether oxygens (including phenoxy) is 3. The van der Waals surface area contributed by atoms with Crippen LogP contribution in [0.4, 0.5) is 28.0 Å². The molecule has 14 heteroatoms. The highest BCUT2D eigenvalue weighted by Gasteiger charge is 2.31. The summed E-state index contributed by atoms with van der Waals surface area (Å²) >= 11 is 3.50. The first-order valence-corrected chi connectivity index (χ1v) is 14.3. The average Bonchev–Trinajstić information content (AvgIpc) is 3.27. The van der Waals surface area contributed by atoms with Gasteiger partial charge >= 0.3 is 12.3 Å². The van der Waals surface area contributed by atoms with Crippen molar-refractivity contribution in [2.75, 3.05) is 11.9 Å². The molecule has 5 rings (SSSR count). The number of pyridine rings is 1. The average molecular weight is 688 g/mol. The Morgan fingerprint density at radius 1 is 0.978 bits per heavy atom. The third-order valence-electron chi connectivity index (χ3n) is 6.09. The minimum absolute atomic E-state index is 0.0276. The van der Waals surface area contributed by atoms with Gasteiger partial charge < -0.3 is 18.8 Å². The maximum atomic E-state index is 15.4. The fourth-order valence-electron chi connectivity index (χ4n) is 4.30. The van der Waals surface area contributed by atoms with E-state index in [1.165, 1.54) is 29.0 Å². The molecule has 3 aromatic heterocycles. The molecule has 0 spiro atoms. The van der Waals surface area contributed by atoms with E-state index >= 15 is 4.39 Å². The smallest absolute Gasteiger partial charge is 0.422 e. The van der Waals surface area contributed by atoms with E-state index in [0.29, 0.717) is 21.5 Å². The quantitative estimate of drug-likeness (QED) is 0.164. The molecule has 1 N–H and O–H groups in total. The van der Waals surface area contributed by atoms with Crippen molar-refractivity contribution in [3.8, 4) is 28.7 Å². The Morgan fingerprint density at radius 3 is 2.38 bits per heavy atom. The van der Waals surface area contributed by atoms with Gasteiger partial charge in [0.05, 0.1) is 27.7 Å². The highest BCUT2D eigenvalue weighted by Crippen LogP contribution is 2.42. The van der Waals surface area contributed by atoms with Crippen molar-refractivity contribution < 1.29 is 36.6 Å². The van der Waals surface area contributed by atoms with Crippen molar-refractivity contribution >= 4 is 38.7 Å². The predicted molar refractivity (Wildman–Crippen MR) is 162 cm³/mol. The maximum absolute atomic E-state index is 15.4. The van der Waals surface area contributed by atoms with Gasteiger partial charge in [0.1, 0.15) is 29.6 Å². The van der Waals surface area contributed by atoms with Crippen LogP contribution < -0.4 is 14.8 Å². The van der Waals surface area contributed by atoms with Gasteiger partial charge in [0.15, 0.2) is 18.2 Å². The number of amides is 1. The van der Waals surface area contributed by atoms with Gasteiger partial charge in [-0.3, -0.25) is 10.3 Å². The van der Waals surface area contributed by atoms with Crippen molar-refractivity contribution in [2.45, 2.75) is 39.2 Å². The molecular formula is C31H26BrF4N5O4. The lowest BCUT2D eigenvalue weighted by Gasteiger charge is -2.19. The Bertz CT molecular complexity index is 1830. The molecule has 0 aliphatic rings. The Hall–Kier alpha value is -4.72. The van der Waals surface area contributed by atoms with Crippen molar-refractivity contribution in [1.82, 2.24) is 19.5 Å². The monoisotopic (exact) mass is 687 g/mol. The van der Waals surface area contributed by atoms with Gasteiger partial charge in [0.25, 0.3) is 0 Å². The molecule has 0 aliphatic carbocycles. The molecule has 9 nitrogen and oxygen atoms in total. The number of anilines is 1. The molecule has 0 radical (unpaired) electrons. The molecule has 0 fully saturated rings. The normalized spacial score (nSPS) is 11.8. The highest BCUT2D eigenvalue weighted by atomic mass is 79.9. The van der Waals surface area contributed by atoms with E-state index in [-0.39, 0.29) is 35.0 Å². The highest BCUT2D eigenvalue weighted by molar-refractivity contribution is 9.10. The van der Waals surface area contributed by atoms with Gasteiger partial charge in [0.2, 0.25) is 5.88 Å². The van der Waals surface area contributed by atoms with Gasteiger partial charge in [-0.25, -0.2) is 14.2 Å². The molecule has 234 valence electrons. The molecule has 0 unspecified atom stereocenters. The van der Waals surface area contributed by atoms with Crippen molar-refractivity contribution in [3.05, 3.63) is 89.0 Å². The molecule has 1 amide bonds. The first kappa shape index (κ1) is 31.7. The molecule has 0 saturated carbocycles. The van der Waals surface area contributed by atoms with Gasteiger partial charge in [-0.1, -0.05) is 30.3 Å². The number of hydrogen-bond donors (Lipinski definition) is 1. The van der Waals surface area contributed by atoms with E-state index in [9.17, 15) is 18.0 Å². The number of alkyl halides is 3. The first-order valence-electron chi connectivity index (χ1n) is 13.5. The van der Waals surface area contributed by atoms with Crippen LogP contribution in [0.5, 0.6) is 11.6 Å². The van der Waals surface area contributed by atoms with E-state index in [4.69, 9.17) is 14.2 Å². The molecule has 0 bridgehead atoms. The largest absolute Gasteiger partial charge is 0.486 e. The third-order valence-corrected chi connectivity index (χ3v) is 6.84. The number of halogens is 5. The van der Waals surface area contributed by atoms with Crippen LogP contribution in [0.1, 0.15) is 26.3 Å². The number of nitrogens with zero attached hydrogens (tertiary/aromatic N) is 4. The Morgan fingerprint density at radius 2 is 1.73 bits per heavy atom. The lowest BCUT2D eigenvalue weighted by Crippen LogP contribution is -2.27.